The van der Waals surface area contributed by atoms with Gasteiger partial charge < -0.3 is 29.2 Å². The molecule has 2 heterocycles. The average Bonchev–Trinajstić information content (AvgIpc) is 3.52. The summed E-state index contributed by atoms with van der Waals surface area (Å²) < 4.78 is 21.4. The van der Waals surface area contributed by atoms with E-state index >= 15 is 0 Å². The third kappa shape index (κ3) is 4.38. The lowest BCUT2D eigenvalue weighted by Crippen LogP contribution is -2.37. The number of amides is 2. The number of carbonyl (C=O) groups is 2. The van der Waals surface area contributed by atoms with Gasteiger partial charge in [0.25, 0.3) is 5.91 Å². The summed E-state index contributed by atoms with van der Waals surface area (Å²) in [7, 11) is 1.60. The third-order valence-electron chi connectivity index (χ3n) is 5.55. The molecule has 8 heteroatoms. The van der Waals surface area contributed by atoms with E-state index in [1.54, 1.807) is 43.5 Å². The molecule has 3 aromatic rings. The van der Waals surface area contributed by atoms with E-state index in [9.17, 15) is 9.59 Å². The first-order valence-corrected chi connectivity index (χ1v) is 10.7. The highest BCUT2D eigenvalue weighted by molar-refractivity contribution is 6.00. The largest absolute Gasteiger partial charge is 0.454 e. The van der Waals surface area contributed by atoms with Gasteiger partial charge in [0.2, 0.25) is 19.5 Å². The van der Waals surface area contributed by atoms with Crippen LogP contribution < -0.4 is 24.3 Å². The van der Waals surface area contributed by atoms with Gasteiger partial charge in [0, 0.05) is 24.9 Å². The second-order valence-electron chi connectivity index (χ2n) is 7.77. The van der Waals surface area contributed by atoms with Crippen molar-refractivity contribution in [3.8, 4) is 23.0 Å². The molecule has 2 aliphatic rings. The molecule has 1 atom stereocenters. The monoisotopic (exact) mass is 458 g/mol. The van der Waals surface area contributed by atoms with Crippen molar-refractivity contribution in [1.82, 2.24) is 4.90 Å². The zero-order valence-corrected chi connectivity index (χ0v) is 18.4. The second-order valence-corrected chi connectivity index (χ2v) is 7.77. The lowest BCUT2D eigenvalue weighted by molar-refractivity contribution is -0.133. The van der Waals surface area contributed by atoms with Gasteiger partial charge in [-0.05, 0) is 41.5 Å². The molecule has 0 fully saturated rings. The van der Waals surface area contributed by atoms with E-state index in [2.05, 4.69) is 5.32 Å². The number of ether oxygens (including phenoxy) is 4. The molecule has 0 aromatic heterocycles. The molecule has 2 amide bonds. The van der Waals surface area contributed by atoms with E-state index < -0.39 is 6.04 Å². The van der Waals surface area contributed by atoms with Crippen LogP contribution in [0.25, 0.3) is 6.08 Å². The molecule has 172 valence electrons. The highest BCUT2D eigenvalue weighted by Crippen LogP contribution is 2.35. The Bertz CT molecular complexity index is 1260. The Balaban J connectivity index is 1.35. The lowest BCUT2D eigenvalue weighted by Gasteiger charge is -2.27. The van der Waals surface area contributed by atoms with E-state index in [0.717, 1.165) is 5.56 Å². The Kier molecular flexibility index (Phi) is 5.78. The van der Waals surface area contributed by atoms with Gasteiger partial charge in [-0.2, -0.15) is 0 Å². The predicted octanol–water partition coefficient (Wildman–Crippen LogP) is 4.00. The van der Waals surface area contributed by atoms with Crippen molar-refractivity contribution >= 4 is 23.6 Å². The first-order chi connectivity index (χ1) is 16.6. The normalized spacial score (nSPS) is 14.1. The molecule has 0 bridgehead atoms. The Morgan fingerprint density at radius 2 is 1.50 bits per heavy atom. The Hall–Kier alpha value is -4.46. The summed E-state index contributed by atoms with van der Waals surface area (Å²) in [4.78, 5) is 27.8. The minimum atomic E-state index is -0.847. The van der Waals surface area contributed by atoms with E-state index in [1.165, 1.54) is 11.0 Å². The third-order valence-corrected chi connectivity index (χ3v) is 5.55. The highest BCUT2D eigenvalue weighted by atomic mass is 16.7. The number of benzene rings is 3. The van der Waals surface area contributed by atoms with Crippen molar-refractivity contribution in [2.75, 3.05) is 26.0 Å². The number of anilines is 1. The maximum Gasteiger partial charge on any atom is 0.251 e. The number of likely N-dealkylation sites (N-methyl/N-ethyl adjacent to an activating group) is 1. The molecule has 0 spiro atoms. The SMILES string of the molecule is CN(C(=O)/C=C\c1ccc2c(c1)OCO2)C(C(=O)Nc1ccc2c(c1)OCO2)c1ccccc1. The van der Waals surface area contributed by atoms with Crippen LogP contribution in [0, 0.1) is 0 Å². The van der Waals surface area contributed by atoms with Crippen LogP contribution in [0.15, 0.2) is 72.8 Å². The van der Waals surface area contributed by atoms with Crippen LogP contribution >= 0.6 is 0 Å². The molecule has 34 heavy (non-hydrogen) atoms. The van der Waals surface area contributed by atoms with Crippen molar-refractivity contribution in [3.63, 3.8) is 0 Å². The van der Waals surface area contributed by atoms with E-state index in [1.807, 2.05) is 36.4 Å². The van der Waals surface area contributed by atoms with Crippen molar-refractivity contribution in [1.29, 1.82) is 0 Å². The fourth-order valence-electron chi connectivity index (χ4n) is 3.80. The summed E-state index contributed by atoms with van der Waals surface area (Å²) in [5.41, 5.74) is 2.02. The minimum Gasteiger partial charge on any atom is -0.454 e. The molecule has 3 aromatic carbocycles. The van der Waals surface area contributed by atoms with Crippen LogP contribution in [0.2, 0.25) is 0 Å². The number of nitrogens with one attached hydrogen (secondary N) is 1. The molecule has 0 radical (unpaired) electrons. The maximum absolute atomic E-state index is 13.3. The van der Waals surface area contributed by atoms with Crippen LogP contribution in [0.5, 0.6) is 23.0 Å². The van der Waals surface area contributed by atoms with Gasteiger partial charge in [0.1, 0.15) is 6.04 Å². The summed E-state index contributed by atoms with van der Waals surface area (Å²) in [5.74, 6) is 1.81. The van der Waals surface area contributed by atoms with Crippen LogP contribution in [-0.2, 0) is 9.59 Å². The van der Waals surface area contributed by atoms with E-state index in [0.29, 0.717) is 34.2 Å². The molecule has 1 unspecified atom stereocenters. The Morgan fingerprint density at radius 3 is 2.24 bits per heavy atom. The van der Waals surface area contributed by atoms with Gasteiger partial charge in [0.15, 0.2) is 23.0 Å². The number of fused-ring (bicyclic) bond motifs is 2. The number of rotatable bonds is 6. The van der Waals surface area contributed by atoms with Gasteiger partial charge >= 0.3 is 0 Å². The molecule has 2 aliphatic heterocycles. The summed E-state index contributed by atoms with van der Waals surface area (Å²) in [6.07, 6.45) is 3.11. The maximum atomic E-state index is 13.3. The van der Waals surface area contributed by atoms with Crippen molar-refractivity contribution in [3.05, 3.63) is 83.9 Å². The standard InChI is InChI=1S/C26H22N2O6/c1-28(24(29)12-8-17-7-10-20-22(13-17)33-15-31-20)25(18-5-3-2-4-6-18)26(30)27-19-9-11-21-23(14-19)34-16-32-21/h2-14,25H,15-16H2,1H3,(H,27,30)/b12-8-. The number of nitrogens with zero attached hydrogens (tertiary/aromatic N) is 1. The van der Waals surface area contributed by atoms with Crippen LogP contribution in [0.3, 0.4) is 0 Å². The Labute approximate surface area is 196 Å². The molecule has 8 nitrogen and oxygen atoms in total. The van der Waals surface area contributed by atoms with Crippen molar-refractivity contribution in [2.24, 2.45) is 0 Å². The van der Waals surface area contributed by atoms with Gasteiger partial charge in [-0.1, -0.05) is 36.4 Å². The summed E-state index contributed by atoms with van der Waals surface area (Å²) in [5, 5.41) is 2.89. The lowest BCUT2D eigenvalue weighted by atomic mass is 10.0. The quantitative estimate of drug-likeness (QED) is 0.562. The first kappa shape index (κ1) is 21.4. The second kappa shape index (κ2) is 9.19. The van der Waals surface area contributed by atoms with Crippen LogP contribution in [-0.4, -0.2) is 37.3 Å². The zero-order valence-electron chi connectivity index (χ0n) is 18.4. The van der Waals surface area contributed by atoms with Crippen molar-refractivity contribution < 1.29 is 28.5 Å². The topological polar surface area (TPSA) is 86.3 Å². The van der Waals surface area contributed by atoms with Crippen LogP contribution in [0.4, 0.5) is 5.69 Å². The highest BCUT2D eigenvalue weighted by Gasteiger charge is 2.28. The van der Waals surface area contributed by atoms with Crippen LogP contribution in [0.1, 0.15) is 17.2 Å². The van der Waals surface area contributed by atoms with E-state index in [-0.39, 0.29) is 25.4 Å². The Morgan fingerprint density at radius 1 is 0.853 bits per heavy atom. The van der Waals surface area contributed by atoms with Gasteiger partial charge in [-0.15, -0.1) is 0 Å². The van der Waals surface area contributed by atoms with Gasteiger partial charge in [-0.3, -0.25) is 9.59 Å². The zero-order chi connectivity index (χ0) is 23.5. The molecule has 5 rings (SSSR count). The van der Waals surface area contributed by atoms with Crippen molar-refractivity contribution in [2.45, 2.75) is 6.04 Å². The molecular weight excluding hydrogens is 436 g/mol. The molecule has 0 aliphatic carbocycles. The fourth-order valence-corrected chi connectivity index (χ4v) is 3.80. The summed E-state index contributed by atoms with van der Waals surface area (Å²) in [6, 6.07) is 18.9. The molecular formula is C26H22N2O6. The summed E-state index contributed by atoms with van der Waals surface area (Å²) in [6.45, 7) is 0.327. The number of hydrogen-bond donors (Lipinski definition) is 1. The predicted molar refractivity (Wildman–Crippen MR) is 125 cm³/mol. The van der Waals surface area contributed by atoms with Gasteiger partial charge in [0.05, 0.1) is 0 Å². The summed E-state index contributed by atoms with van der Waals surface area (Å²) >= 11 is 0. The first-order valence-electron chi connectivity index (χ1n) is 10.7. The smallest absolute Gasteiger partial charge is 0.251 e. The molecule has 0 saturated heterocycles. The van der Waals surface area contributed by atoms with Gasteiger partial charge in [-0.25, -0.2) is 0 Å². The number of carbonyl (C=O) groups excluding carboxylic acids is 2. The molecule has 0 saturated carbocycles. The fraction of sp³-hybridized carbons (Fsp3) is 0.154. The number of hydrogen-bond acceptors (Lipinski definition) is 6. The minimum absolute atomic E-state index is 0.145. The van der Waals surface area contributed by atoms with E-state index in [4.69, 9.17) is 18.9 Å². The molecule has 1 N–H and O–H groups in total. The average molecular weight is 458 g/mol.